The Hall–Kier alpha value is -4.13. The monoisotopic (exact) mass is 648 g/mol. The van der Waals surface area contributed by atoms with Crippen LogP contribution < -0.4 is 5.32 Å². The first-order chi connectivity index (χ1) is 20.6. The summed E-state index contributed by atoms with van der Waals surface area (Å²) >= 11 is 3.34. The van der Waals surface area contributed by atoms with Crippen LogP contribution >= 0.6 is 15.9 Å². The number of halogens is 2. The second-order valence-electron chi connectivity index (χ2n) is 11.4. The van der Waals surface area contributed by atoms with Crippen LogP contribution in [0.4, 0.5) is 10.2 Å². The first kappa shape index (κ1) is 29.0. The molecule has 4 aromatic heterocycles. The van der Waals surface area contributed by atoms with Gasteiger partial charge >= 0.3 is 0 Å². The van der Waals surface area contributed by atoms with Gasteiger partial charge in [0.2, 0.25) is 11.8 Å². The first-order valence-electron chi connectivity index (χ1n) is 14.1. The molecule has 1 unspecified atom stereocenters. The maximum Gasteiger partial charge on any atom is 0.248 e. The molecule has 5 heterocycles. The van der Waals surface area contributed by atoms with Crippen molar-refractivity contribution >= 4 is 50.2 Å². The lowest BCUT2D eigenvalue weighted by Gasteiger charge is -2.27. The molecule has 1 saturated heterocycles. The van der Waals surface area contributed by atoms with E-state index in [0.29, 0.717) is 57.7 Å². The van der Waals surface area contributed by atoms with Crippen LogP contribution in [0.2, 0.25) is 0 Å². The van der Waals surface area contributed by atoms with E-state index < -0.39 is 12.7 Å². The van der Waals surface area contributed by atoms with Crippen LogP contribution in [0.5, 0.6) is 0 Å². The summed E-state index contributed by atoms with van der Waals surface area (Å²) in [5.41, 5.74) is 2.49. The molecule has 2 amide bonds. The quantitative estimate of drug-likeness (QED) is 0.205. The summed E-state index contributed by atoms with van der Waals surface area (Å²) in [6.07, 6.45) is 7.05. The van der Waals surface area contributed by atoms with Crippen molar-refractivity contribution in [3.05, 3.63) is 58.5 Å². The Labute approximate surface area is 255 Å². The number of piperidine rings is 1. The van der Waals surface area contributed by atoms with Gasteiger partial charge in [-0.05, 0) is 78.6 Å². The number of hydrogen-bond acceptors (Lipinski definition) is 8. The maximum atomic E-state index is 14.0. The molecule has 11 nitrogen and oxygen atoms in total. The second-order valence-corrected chi connectivity index (χ2v) is 12.2. The summed E-state index contributed by atoms with van der Waals surface area (Å²) in [4.78, 5) is 59.1. The number of aromatic nitrogens is 6. The van der Waals surface area contributed by atoms with Crippen LogP contribution in [-0.4, -0.2) is 71.0 Å². The number of nitrogens with one attached hydrogen (secondary N) is 1. The van der Waals surface area contributed by atoms with Crippen LogP contribution in [0.25, 0.3) is 22.2 Å². The summed E-state index contributed by atoms with van der Waals surface area (Å²) in [6, 6.07) is 4.46. The molecule has 0 aromatic carbocycles. The van der Waals surface area contributed by atoms with Crippen molar-refractivity contribution in [3.63, 3.8) is 0 Å². The number of hydrogen-bond donors (Lipinski definition) is 1. The van der Waals surface area contributed by atoms with Gasteiger partial charge in [0.15, 0.2) is 5.78 Å². The molecule has 1 saturated carbocycles. The number of fused-ring (bicyclic) bond motifs is 2. The van der Waals surface area contributed by atoms with Crippen LogP contribution in [0.15, 0.2) is 41.4 Å². The van der Waals surface area contributed by atoms with Gasteiger partial charge in [0.25, 0.3) is 0 Å². The minimum Gasteiger partial charge on any atom is -0.325 e. The summed E-state index contributed by atoms with van der Waals surface area (Å²) in [6.45, 7) is 4.41. The van der Waals surface area contributed by atoms with Crippen molar-refractivity contribution in [2.75, 3.05) is 12.0 Å². The molecule has 1 N–H and O–H groups in total. The Bertz CT molecular complexity index is 1760. The highest BCUT2D eigenvalue weighted by Crippen LogP contribution is 2.62. The number of alkyl halides is 1. The van der Waals surface area contributed by atoms with E-state index in [2.05, 4.69) is 46.3 Å². The van der Waals surface area contributed by atoms with Gasteiger partial charge in [0.05, 0.1) is 24.1 Å². The molecule has 0 spiro atoms. The number of pyridine rings is 2. The number of amides is 2. The number of aryl methyl sites for hydroxylation is 2. The maximum absolute atomic E-state index is 14.0. The van der Waals surface area contributed by atoms with E-state index in [4.69, 9.17) is 0 Å². The van der Waals surface area contributed by atoms with Crippen molar-refractivity contribution in [2.24, 2.45) is 5.41 Å². The topological polar surface area (TPSA) is 136 Å². The van der Waals surface area contributed by atoms with E-state index in [1.165, 1.54) is 11.6 Å². The average molecular weight is 650 g/mol. The number of carbonyl (C=O) groups excluding carboxylic acids is 3. The predicted octanol–water partition coefficient (Wildman–Crippen LogP) is 4.61. The fourth-order valence-corrected chi connectivity index (χ4v) is 6.48. The third kappa shape index (κ3) is 5.41. The van der Waals surface area contributed by atoms with Gasteiger partial charge in [-0.15, -0.1) is 0 Å². The van der Waals surface area contributed by atoms with Gasteiger partial charge in [-0.3, -0.25) is 28.4 Å². The van der Waals surface area contributed by atoms with Crippen LogP contribution in [-0.2, 0) is 16.1 Å². The average Bonchev–Trinajstić information content (AvgIpc) is 3.40. The molecule has 1 aliphatic heterocycles. The zero-order valence-electron chi connectivity index (χ0n) is 24.0. The van der Waals surface area contributed by atoms with Crippen molar-refractivity contribution in [2.45, 2.75) is 65.1 Å². The van der Waals surface area contributed by atoms with Crippen molar-refractivity contribution < 1.29 is 18.8 Å². The number of nitrogens with zero attached hydrogens (tertiary/aromatic N) is 7. The summed E-state index contributed by atoms with van der Waals surface area (Å²) in [5.74, 6) is 0.141. The van der Waals surface area contributed by atoms with Crippen molar-refractivity contribution in [1.29, 1.82) is 0 Å². The summed E-state index contributed by atoms with van der Waals surface area (Å²) in [7, 11) is 0. The van der Waals surface area contributed by atoms with Gasteiger partial charge in [0.1, 0.15) is 34.5 Å². The van der Waals surface area contributed by atoms with Gasteiger partial charge in [-0.2, -0.15) is 5.10 Å². The fraction of sp³-hybridized carbons (Fsp3) is 0.400. The zero-order valence-corrected chi connectivity index (χ0v) is 25.6. The standard InChI is InChI=1S/C30H30BrFN8O3/c1-16-5-6-25(31)36-28(16)37-29(43)22-10-30(7-4-8-32)11-24(30)40(22)26(42)15-39-23-14-35-21(19-12-33-18(3)34-13-19)9-20(23)27(38-39)17(2)41/h5-6,9,12-14,22,24H,4,7-8,10-11,15H2,1-3H3,(H,36,37,43)/t22-,24?,30-/m0/s1. The SMILES string of the molecule is CC(=O)c1nn(CC(=O)N2C3C[C@]3(CCCF)C[C@H]2C(=O)Nc2nc(Br)ccc2C)c2cnc(-c3cnc(C)nc3)cc12. The molecule has 222 valence electrons. The molecular weight excluding hydrogens is 619 g/mol. The van der Waals surface area contributed by atoms with Crippen LogP contribution in [0, 0.1) is 19.3 Å². The largest absolute Gasteiger partial charge is 0.325 e. The predicted molar refractivity (Wildman–Crippen MR) is 160 cm³/mol. The number of Topliss-reactive ketones (excluding diaryl/α,β-unsaturated/α-hetero) is 1. The Morgan fingerprint density at radius 1 is 1.12 bits per heavy atom. The highest BCUT2D eigenvalue weighted by Gasteiger charge is 2.66. The molecule has 3 atom stereocenters. The highest BCUT2D eigenvalue weighted by atomic mass is 79.9. The molecular formula is C30H30BrFN8O3. The van der Waals surface area contributed by atoms with E-state index in [9.17, 15) is 18.8 Å². The molecule has 1 aliphatic carbocycles. The molecule has 43 heavy (non-hydrogen) atoms. The lowest BCUT2D eigenvalue weighted by atomic mass is 9.94. The van der Waals surface area contributed by atoms with Gasteiger partial charge in [0, 0.05) is 36.3 Å². The van der Waals surface area contributed by atoms with Crippen LogP contribution in [0.1, 0.15) is 54.5 Å². The van der Waals surface area contributed by atoms with Gasteiger partial charge in [-0.25, -0.2) is 15.0 Å². The van der Waals surface area contributed by atoms with E-state index in [1.807, 2.05) is 13.0 Å². The smallest absolute Gasteiger partial charge is 0.248 e. The first-order valence-corrected chi connectivity index (χ1v) is 14.9. The normalized spacial score (nSPS) is 20.7. The molecule has 6 rings (SSSR count). The number of ketones is 1. The van der Waals surface area contributed by atoms with E-state index in [1.54, 1.807) is 42.5 Å². The fourth-order valence-electron chi connectivity index (χ4n) is 6.17. The highest BCUT2D eigenvalue weighted by molar-refractivity contribution is 9.10. The van der Waals surface area contributed by atoms with Crippen molar-refractivity contribution in [1.82, 2.24) is 34.6 Å². The number of rotatable bonds is 9. The van der Waals surface area contributed by atoms with Crippen LogP contribution in [0.3, 0.4) is 0 Å². The van der Waals surface area contributed by atoms with E-state index in [0.717, 1.165) is 12.0 Å². The molecule has 13 heteroatoms. The van der Waals surface area contributed by atoms with E-state index in [-0.39, 0.29) is 41.3 Å². The Morgan fingerprint density at radius 3 is 2.60 bits per heavy atom. The zero-order chi connectivity index (χ0) is 30.5. The molecule has 2 fully saturated rings. The molecule has 0 bridgehead atoms. The minimum absolute atomic E-state index is 0.167. The number of anilines is 1. The summed E-state index contributed by atoms with van der Waals surface area (Å²) < 4.78 is 15.2. The Morgan fingerprint density at radius 2 is 1.88 bits per heavy atom. The number of carbonyl (C=O) groups is 3. The third-order valence-electron chi connectivity index (χ3n) is 8.45. The minimum atomic E-state index is -0.744. The molecule has 0 radical (unpaired) electrons. The second kappa shape index (κ2) is 11.2. The number of likely N-dealkylation sites (tertiary alicyclic amines) is 1. The lowest BCUT2D eigenvalue weighted by Crippen LogP contribution is -2.47. The summed E-state index contributed by atoms with van der Waals surface area (Å²) in [5, 5.41) is 7.95. The van der Waals surface area contributed by atoms with Gasteiger partial charge < -0.3 is 10.2 Å². The van der Waals surface area contributed by atoms with Gasteiger partial charge in [-0.1, -0.05) is 6.07 Å². The lowest BCUT2D eigenvalue weighted by molar-refractivity contribution is -0.138. The Kier molecular flexibility index (Phi) is 7.53. The molecule has 2 aliphatic rings. The van der Waals surface area contributed by atoms with E-state index >= 15 is 0 Å². The third-order valence-corrected chi connectivity index (χ3v) is 8.90. The van der Waals surface area contributed by atoms with Crippen molar-refractivity contribution in [3.8, 4) is 11.3 Å². The molecule has 4 aromatic rings. The Balaban J connectivity index is 1.30.